The van der Waals surface area contributed by atoms with E-state index >= 15 is 0 Å². The third-order valence-corrected chi connectivity index (χ3v) is 4.48. The van der Waals surface area contributed by atoms with Gasteiger partial charge in [-0.1, -0.05) is 0 Å². The third kappa shape index (κ3) is 3.41. The predicted octanol–water partition coefficient (Wildman–Crippen LogP) is 1.40. The Hall–Kier alpha value is -1.62. The Morgan fingerprint density at radius 1 is 1.50 bits per heavy atom. The normalized spacial score (nSPS) is 25.8. The van der Waals surface area contributed by atoms with Gasteiger partial charge in [0.25, 0.3) is 5.91 Å². The van der Waals surface area contributed by atoms with Crippen LogP contribution in [0.25, 0.3) is 0 Å². The number of nitrogens with one attached hydrogen (secondary N) is 1. The van der Waals surface area contributed by atoms with Crippen molar-refractivity contribution in [1.29, 1.82) is 0 Å². The number of rotatable bonds is 5. The van der Waals surface area contributed by atoms with Crippen molar-refractivity contribution in [2.75, 3.05) is 26.0 Å². The van der Waals surface area contributed by atoms with Crippen molar-refractivity contribution in [3.05, 3.63) is 23.8 Å². The standard InChI is InChI=1S/C14H17F2N3O4S/c1-19(24-23-9-4-10(15)12(17)11(16)5-9)18-13(20)14-6-8(21-7-14)2-3-22-14/h4-5,8H,2-3,6-7,17H2,1H3,(H,18,20). The Morgan fingerprint density at radius 3 is 2.92 bits per heavy atom. The first-order valence-corrected chi connectivity index (χ1v) is 7.99. The quantitative estimate of drug-likeness (QED) is 0.355. The lowest BCUT2D eigenvalue weighted by atomic mass is 9.95. The van der Waals surface area contributed by atoms with Gasteiger partial charge in [-0.3, -0.25) is 10.2 Å². The molecule has 24 heavy (non-hydrogen) atoms. The van der Waals surface area contributed by atoms with Crippen molar-refractivity contribution in [3.8, 4) is 5.75 Å². The van der Waals surface area contributed by atoms with E-state index in [2.05, 4.69) is 5.43 Å². The van der Waals surface area contributed by atoms with Gasteiger partial charge in [-0.05, 0) is 6.42 Å². The second kappa shape index (κ2) is 6.71. The molecule has 132 valence electrons. The van der Waals surface area contributed by atoms with Crippen molar-refractivity contribution in [1.82, 2.24) is 9.84 Å². The number of amides is 1. The molecule has 0 aliphatic carbocycles. The van der Waals surface area contributed by atoms with Crippen LogP contribution < -0.4 is 15.3 Å². The number of carbonyl (C=O) groups is 1. The van der Waals surface area contributed by atoms with E-state index in [0.717, 1.165) is 18.6 Å². The number of ether oxygens (including phenoxy) is 2. The summed E-state index contributed by atoms with van der Waals surface area (Å²) < 4.78 is 44.3. The molecule has 2 aliphatic rings. The molecule has 2 atom stereocenters. The molecule has 2 aliphatic heterocycles. The summed E-state index contributed by atoms with van der Waals surface area (Å²) in [4.78, 5) is 12.4. The lowest BCUT2D eigenvalue weighted by molar-refractivity contribution is -0.151. The molecule has 0 aromatic heterocycles. The van der Waals surface area contributed by atoms with E-state index < -0.39 is 22.9 Å². The molecule has 2 bridgehead atoms. The zero-order chi connectivity index (χ0) is 17.3. The summed E-state index contributed by atoms with van der Waals surface area (Å²) in [5, 5.41) is 0. The van der Waals surface area contributed by atoms with E-state index in [0.29, 0.717) is 25.3 Å². The number of benzene rings is 1. The van der Waals surface area contributed by atoms with Crippen LogP contribution in [0, 0.1) is 11.6 Å². The van der Waals surface area contributed by atoms with Crippen molar-refractivity contribution in [3.63, 3.8) is 0 Å². The molecule has 1 aromatic rings. The summed E-state index contributed by atoms with van der Waals surface area (Å²) in [5.74, 6) is -2.25. The largest absolute Gasteiger partial charge is 0.408 e. The van der Waals surface area contributed by atoms with Crippen molar-refractivity contribution in [2.24, 2.45) is 0 Å². The van der Waals surface area contributed by atoms with E-state index in [1.54, 1.807) is 0 Å². The molecular weight excluding hydrogens is 344 g/mol. The van der Waals surface area contributed by atoms with E-state index in [4.69, 9.17) is 19.4 Å². The molecular formula is C14H17F2N3O4S. The van der Waals surface area contributed by atoms with Crippen LogP contribution in [0.15, 0.2) is 12.1 Å². The molecule has 2 unspecified atom stereocenters. The molecule has 0 radical (unpaired) electrons. The van der Waals surface area contributed by atoms with E-state index in [9.17, 15) is 13.6 Å². The lowest BCUT2D eigenvalue weighted by Gasteiger charge is -2.31. The van der Waals surface area contributed by atoms with Crippen LogP contribution in [-0.4, -0.2) is 42.3 Å². The number of nitrogen functional groups attached to an aromatic ring is 1. The van der Waals surface area contributed by atoms with Crippen molar-refractivity contribution in [2.45, 2.75) is 24.5 Å². The third-order valence-electron chi connectivity index (χ3n) is 3.90. The highest BCUT2D eigenvalue weighted by molar-refractivity contribution is 7.92. The number of hydrogen-bond acceptors (Lipinski definition) is 7. The fourth-order valence-corrected chi connectivity index (χ4v) is 3.02. The number of fused-ring (bicyclic) bond motifs is 2. The Balaban J connectivity index is 1.54. The van der Waals surface area contributed by atoms with Gasteiger partial charge in [0.2, 0.25) is 0 Å². The molecule has 2 heterocycles. The minimum Gasteiger partial charge on any atom is -0.408 e. The summed E-state index contributed by atoms with van der Waals surface area (Å²) in [6.07, 6.45) is 1.32. The van der Waals surface area contributed by atoms with Gasteiger partial charge in [0.15, 0.2) is 29.5 Å². The van der Waals surface area contributed by atoms with Crippen LogP contribution >= 0.6 is 12.2 Å². The predicted molar refractivity (Wildman–Crippen MR) is 82.6 cm³/mol. The summed E-state index contributed by atoms with van der Waals surface area (Å²) in [6, 6.07) is 1.92. The molecule has 2 saturated heterocycles. The number of halogens is 2. The monoisotopic (exact) mass is 361 g/mol. The minimum atomic E-state index is -0.989. The first-order valence-electron chi connectivity index (χ1n) is 7.29. The molecule has 3 rings (SSSR count). The maximum Gasteiger partial charge on any atom is 0.269 e. The van der Waals surface area contributed by atoms with Crippen molar-refractivity contribution < 1.29 is 27.2 Å². The van der Waals surface area contributed by atoms with Crippen LogP contribution in [0.3, 0.4) is 0 Å². The lowest BCUT2D eigenvalue weighted by Crippen LogP contribution is -2.54. The fraction of sp³-hybridized carbons (Fsp3) is 0.500. The SMILES string of the molecule is CN(NC(=O)C12COC(CCO1)C2)SOc1cc(F)c(N)c(F)c1. The second-order valence-corrected chi connectivity index (χ2v) is 6.53. The first kappa shape index (κ1) is 17.2. The van der Waals surface area contributed by atoms with Crippen LogP contribution in [0.5, 0.6) is 5.75 Å². The molecule has 1 amide bonds. The maximum absolute atomic E-state index is 13.4. The van der Waals surface area contributed by atoms with Gasteiger partial charge in [-0.15, -0.1) is 4.41 Å². The summed E-state index contributed by atoms with van der Waals surface area (Å²) in [7, 11) is 1.53. The summed E-state index contributed by atoms with van der Waals surface area (Å²) in [5.41, 5.74) is 6.22. The minimum absolute atomic E-state index is 0.0411. The van der Waals surface area contributed by atoms with Gasteiger partial charge < -0.3 is 19.4 Å². The van der Waals surface area contributed by atoms with Crippen LogP contribution in [0.2, 0.25) is 0 Å². The number of hydrazine groups is 1. The molecule has 10 heteroatoms. The fourth-order valence-electron chi connectivity index (χ4n) is 2.61. The average molecular weight is 361 g/mol. The Kier molecular flexibility index (Phi) is 4.81. The molecule has 0 saturated carbocycles. The molecule has 3 N–H and O–H groups in total. The molecule has 1 aromatic carbocycles. The Morgan fingerprint density at radius 2 is 2.21 bits per heavy atom. The number of hydrogen-bond donors (Lipinski definition) is 2. The van der Waals surface area contributed by atoms with E-state index in [1.165, 1.54) is 11.5 Å². The Labute approximate surface area is 141 Å². The van der Waals surface area contributed by atoms with Crippen molar-refractivity contribution >= 4 is 23.8 Å². The smallest absolute Gasteiger partial charge is 0.269 e. The van der Waals surface area contributed by atoms with Gasteiger partial charge in [-0.2, -0.15) is 0 Å². The van der Waals surface area contributed by atoms with Gasteiger partial charge in [-0.25, -0.2) is 8.78 Å². The zero-order valence-electron chi connectivity index (χ0n) is 12.9. The maximum atomic E-state index is 13.4. The van der Waals surface area contributed by atoms with E-state index in [1.807, 2.05) is 0 Å². The second-order valence-electron chi connectivity index (χ2n) is 5.67. The molecule has 2 fully saturated rings. The van der Waals surface area contributed by atoms with Gasteiger partial charge >= 0.3 is 0 Å². The highest BCUT2D eigenvalue weighted by atomic mass is 32.2. The number of anilines is 1. The van der Waals surface area contributed by atoms with Gasteiger partial charge in [0.05, 0.1) is 19.3 Å². The van der Waals surface area contributed by atoms with Gasteiger partial charge in [0.1, 0.15) is 11.4 Å². The van der Waals surface area contributed by atoms with Crippen LogP contribution in [0.1, 0.15) is 12.8 Å². The molecule has 0 spiro atoms. The topological polar surface area (TPSA) is 86.1 Å². The number of nitrogens with two attached hydrogens (primary N) is 1. The first-order chi connectivity index (χ1) is 11.4. The summed E-state index contributed by atoms with van der Waals surface area (Å²) >= 11 is 0.699. The van der Waals surface area contributed by atoms with Gasteiger partial charge in [0, 0.05) is 25.6 Å². The zero-order valence-corrected chi connectivity index (χ0v) is 13.7. The summed E-state index contributed by atoms with van der Waals surface area (Å²) in [6.45, 7) is 0.673. The number of nitrogens with zero attached hydrogens (tertiary/aromatic N) is 1. The molecule has 7 nitrogen and oxygen atoms in total. The number of carbonyl (C=O) groups excluding carboxylic acids is 1. The van der Waals surface area contributed by atoms with Crippen LogP contribution in [0.4, 0.5) is 14.5 Å². The average Bonchev–Trinajstić information content (AvgIpc) is 2.86. The van der Waals surface area contributed by atoms with Crippen LogP contribution in [-0.2, 0) is 14.3 Å². The Bertz CT molecular complexity index is 623. The van der Waals surface area contributed by atoms with E-state index in [-0.39, 0.29) is 24.4 Å². The highest BCUT2D eigenvalue weighted by Gasteiger charge is 2.50. The highest BCUT2D eigenvalue weighted by Crippen LogP contribution is 2.34.